The summed E-state index contributed by atoms with van der Waals surface area (Å²) < 4.78 is 11.3. The van der Waals surface area contributed by atoms with Crippen LogP contribution in [0.5, 0.6) is 0 Å². The number of benzene rings is 8. The van der Waals surface area contributed by atoms with Gasteiger partial charge in [-0.05, 0) is 63.2 Å². The Kier molecular flexibility index (Phi) is 8.31. The van der Waals surface area contributed by atoms with Gasteiger partial charge in [0, 0.05) is 22.4 Å². The van der Waals surface area contributed by atoms with E-state index in [1.807, 2.05) is 12.1 Å². The molecule has 0 radical (unpaired) electrons. The predicted molar refractivity (Wildman–Crippen MR) is 286 cm³/mol. The number of rotatable bonds is 7. The van der Waals surface area contributed by atoms with Crippen LogP contribution in [0, 0.1) is 0 Å². The Bertz CT molecular complexity index is 4130. The molecule has 12 aromatic rings. The largest absolute Gasteiger partial charge is 0.456 e. The van der Waals surface area contributed by atoms with Crippen molar-refractivity contribution in [1.82, 2.24) is 23.9 Å². The summed E-state index contributed by atoms with van der Waals surface area (Å²) in [4.78, 5) is 26.1. The predicted octanol–water partition coefficient (Wildman–Crippen LogP) is 10.4. The number of anilines is 3. The van der Waals surface area contributed by atoms with E-state index >= 15 is 0 Å². The first-order valence-electron chi connectivity index (χ1n) is 23.7. The van der Waals surface area contributed by atoms with Crippen LogP contribution in [0.25, 0.3) is 66.9 Å². The van der Waals surface area contributed by atoms with Crippen molar-refractivity contribution in [3.8, 4) is 17.1 Å². The number of aromatic nitrogens is 5. The molecule has 8 aromatic carbocycles. The average molecular weight is 917 g/mol. The molecule has 0 saturated heterocycles. The average Bonchev–Trinajstić information content (AvgIpc) is 4.24. The van der Waals surface area contributed by atoms with Gasteiger partial charge in [0.15, 0.2) is 8.07 Å². The van der Waals surface area contributed by atoms with E-state index in [2.05, 4.69) is 237 Å². The maximum Gasteiger partial charge on any atom is 0.239 e. The normalized spacial score (nSPS) is 16.2. The van der Waals surface area contributed by atoms with E-state index in [0.29, 0.717) is 11.8 Å². The molecule has 0 spiro atoms. The van der Waals surface area contributed by atoms with E-state index in [1.165, 1.54) is 20.7 Å². The van der Waals surface area contributed by atoms with E-state index in [1.54, 1.807) is 0 Å². The molecule has 2 aliphatic heterocycles. The van der Waals surface area contributed by atoms with Gasteiger partial charge in [-0.3, -0.25) is 8.97 Å². The molecule has 15 rings (SSSR count). The number of para-hydroxylation sites is 8. The lowest BCUT2D eigenvalue weighted by molar-refractivity contribution is 0.671. The Labute approximate surface area is 402 Å². The maximum atomic E-state index is 6.91. The van der Waals surface area contributed by atoms with Crippen molar-refractivity contribution in [2.24, 2.45) is 4.99 Å². The fourth-order valence-electron chi connectivity index (χ4n) is 11.5. The summed E-state index contributed by atoms with van der Waals surface area (Å²) >= 11 is 0. The zero-order valence-corrected chi connectivity index (χ0v) is 38.6. The number of nitrogens with zero attached hydrogens (tertiary/aromatic N) is 8. The monoisotopic (exact) mass is 916 g/mol. The summed E-state index contributed by atoms with van der Waals surface area (Å²) in [6.45, 7) is 0. The van der Waals surface area contributed by atoms with Gasteiger partial charge in [0.1, 0.15) is 17.0 Å². The molecule has 0 N–H and O–H groups in total. The van der Waals surface area contributed by atoms with Gasteiger partial charge in [-0.1, -0.05) is 182 Å². The highest BCUT2D eigenvalue weighted by molar-refractivity contribution is 7.20. The minimum absolute atomic E-state index is 0.0273. The zero-order chi connectivity index (χ0) is 45.9. The number of allylic oxidation sites excluding steroid dienone is 2. The van der Waals surface area contributed by atoms with Crippen molar-refractivity contribution >= 4 is 102 Å². The lowest BCUT2D eigenvalue weighted by Gasteiger charge is -2.34. The number of furan rings is 1. The molecule has 2 unspecified atom stereocenters. The van der Waals surface area contributed by atoms with E-state index in [0.717, 1.165) is 78.4 Å². The van der Waals surface area contributed by atoms with E-state index in [4.69, 9.17) is 24.4 Å². The van der Waals surface area contributed by atoms with Crippen LogP contribution in [0.15, 0.2) is 240 Å². The zero-order valence-electron chi connectivity index (χ0n) is 37.6. The first-order valence-corrected chi connectivity index (χ1v) is 25.7. The SMILES string of the molecule is C1=CC2N=C3N(c4nc(-c5ccc([Si](c6ccccc6)(c6ccccc6)c6cccc7c6oc6ccccc67)cc5)cc(-n5c6ccccc6n6c7ccccc7nc56)n4)c4ccccc4N3C2C=C1. The molecular weight excluding hydrogens is 877 g/mol. The standard InChI is InChI=1S/C60H40N8OSi/c1-3-18-40(19-4-1)70(41-20-5-2-6-21-41,55-33-17-23-44-43-22-7-16-32-54(43)69-57(44)55)42-36-34-39(35-37-42)47-38-56(67-52-30-14-12-28-50(52)65-48-26-10-8-24-45(48)62-59(65)67)64-58(61-47)68-53-31-15-13-29-51(53)66-49-27-11-9-25-46(49)63-60(66)68/h1-38,46,49H. The summed E-state index contributed by atoms with van der Waals surface area (Å²) in [6.07, 6.45) is 8.62. The molecule has 1 aliphatic carbocycles. The number of aliphatic imine (C=N–C) groups is 1. The van der Waals surface area contributed by atoms with Crippen LogP contribution in [-0.2, 0) is 0 Å². The van der Waals surface area contributed by atoms with Crippen LogP contribution in [0.1, 0.15) is 0 Å². The lowest BCUT2D eigenvalue weighted by Crippen LogP contribution is -2.74. The van der Waals surface area contributed by atoms with Crippen LogP contribution < -0.4 is 30.5 Å². The highest BCUT2D eigenvalue weighted by atomic mass is 28.3. The highest BCUT2D eigenvalue weighted by Crippen LogP contribution is 2.46. The Morgan fingerprint density at radius 2 is 1.17 bits per heavy atom. The molecule has 10 heteroatoms. The van der Waals surface area contributed by atoms with Crippen molar-refractivity contribution in [2.45, 2.75) is 12.1 Å². The molecule has 0 fully saturated rings. The van der Waals surface area contributed by atoms with Crippen LogP contribution in [0.3, 0.4) is 0 Å². The summed E-state index contributed by atoms with van der Waals surface area (Å²) in [7, 11) is -3.07. The smallest absolute Gasteiger partial charge is 0.239 e. The topological polar surface area (TPSA) is 80.0 Å². The Morgan fingerprint density at radius 3 is 1.99 bits per heavy atom. The number of fused-ring (bicyclic) bond motifs is 13. The van der Waals surface area contributed by atoms with Crippen molar-refractivity contribution in [1.29, 1.82) is 0 Å². The number of imidazole rings is 2. The fourth-order valence-corrected chi connectivity index (χ4v) is 16.4. The fraction of sp³-hybridized carbons (Fsp3) is 0.0333. The summed E-state index contributed by atoms with van der Waals surface area (Å²) in [5, 5.41) is 7.20. The summed E-state index contributed by atoms with van der Waals surface area (Å²) in [5.74, 6) is 2.81. The molecule has 0 bridgehead atoms. The van der Waals surface area contributed by atoms with E-state index in [9.17, 15) is 0 Å². The number of hydrogen-bond donors (Lipinski definition) is 0. The van der Waals surface area contributed by atoms with Crippen LogP contribution in [-0.4, -0.2) is 50.0 Å². The Balaban J connectivity index is 0.974. The molecule has 4 aromatic heterocycles. The highest BCUT2D eigenvalue weighted by Gasteiger charge is 2.47. The second-order valence-electron chi connectivity index (χ2n) is 18.2. The molecule has 70 heavy (non-hydrogen) atoms. The van der Waals surface area contributed by atoms with Crippen LogP contribution in [0.4, 0.5) is 17.3 Å². The third-order valence-electron chi connectivity index (χ3n) is 14.5. The van der Waals surface area contributed by atoms with Gasteiger partial charge in [-0.25, -0.2) is 19.9 Å². The molecule has 0 amide bonds. The van der Waals surface area contributed by atoms with Gasteiger partial charge in [0.05, 0.1) is 51.2 Å². The Hall–Kier alpha value is -9.12. The second-order valence-corrected chi connectivity index (χ2v) is 22.0. The molecule has 330 valence electrons. The van der Waals surface area contributed by atoms with Gasteiger partial charge in [0.2, 0.25) is 17.7 Å². The third kappa shape index (κ3) is 5.47. The van der Waals surface area contributed by atoms with Crippen LogP contribution in [0.2, 0.25) is 0 Å². The molecular formula is C60H40N8OSi. The molecule has 6 heterocycles. The Morgan fingerprint density at radius 1 is 0.514 bits per heavy atom. The van der Waals surface area contributed by atoms with Gasteiger partial charge >= 0.3 is 0 Å². The van der Waals surface area contributed by atoms with Gasteiger partial charge in [-0.2, -0.15) is 4.98 Å². The molecule has 9 nitrogen and oxygen atoms in total. The van der Waals surface area contributed by atoms with Gasteiger partial charge < -0.3 is 9.32 Å². The molecule has 2 atom stereocenters. The van der Waals surface area contributed by atoms with E-state index < -0.39 is 8.07 Å². The van der Waals surface area contributed by atoms with Gasteiger partial charge in [0.25, 0.3) is 0 Å². The van der Waals surface area contributed by atoms with Gasteiger partial charge in [-0.15, -0.1) is 0 Å². The lowest BCUT2D eigenvalue weighted by atomic mass is 10.0. The first-order chi connectivity index (χ1) is 34.7. The second kappa shape index (κ2) is 14.9. The van der Waals surface area contributed by atoms with Crippen molar-refractivity contribution in [3.05, 3.63) is 231 Å². The quantitative estimate of drug-likeness (QED) is 0.117. The van der Waals surface area contributed by atoms with Crippen molar-refractivity contribution < 1.29 is 4.42 Å². The number of guanidine groups is 1. The number of hydrogen-bond acceptors (Lipinski definition) is 7. The van der Waals surface area contributed by atoms with Crippen LogP contribution >= 0.6 is 0 Å². The van der Waals surface area contributed by atoms with Crippen molar-refractivity contribution in [2.75, 3.05) is 9.80 Å². The van der Waals surface area contributed by atoms with E-state index in [-0.39, 0.29) is 12.1 Å². The third-order valence-corrected chi connectivity index (χ3v) is 19.3. The summed E-state index contributed by atoms with van der Waals surface area (Å²) in [5.41, 5.74) is 9.58. The first kappa shape index (κ1) is 38.9. The van der Waals surface area contributed by atoms with Crippen molar-refractivity contribution in [3.63, 3.8) is 0 Å². The summed E-state index contributed by atoms with van der Waals surface area (Å²) in [6, 6.07) is 73.6. The minimum atomic E-state index is -3.07. The maximum absolute atomic E-state index is 6.91. The minimum Gasteiger partial charge on any atom is -0.456 e. The molecule has 3 aliphatic rings. The molecule has 0 saturated carbocycles.